The van der Waals surface area contributed by atoms with Crippen molar-refractivity contribution in [3.8, 4) is 11.8 Å². The van der Waals surface area contributed by atoms with Crippen LogP contribution in [0.4, 0.5) is 0 Å². The van der Waals surface area contributed by atoms with Crippen molar-refractivity contribution in [2.75, 3.05) is 0 Å². The number of nitrogen functional groups attached to an aromatic ring is 1. The highest BCUT2D eigenvalue weighted by Gasteiger charge is 2.07. The number of amides is 1. The van der Waals surface area contributed by atoms with Crippen LogP contribution in [0.15, 0.2) is 42.5 Å². The monoisotopic (exact) mass is 268 g/mol. The standard InChI is InChI=1S/C14H12N4O2/c15-8-10-4-1-2-7-13(10)20-9-11-5-3-6-12(17-11)14(19)18-16/h1-7H,9,16H2,(H,18,19). The van der Waals surface area contributed by atoms with Gasteiger partial charge < -0.3 is 4.74 Å². The van der Waals surface area contributed by atoms with Crippen LogP contribution in [0.25, 0.3) is 0 Å². The molecule has 6 heteroatoms. The van der Waals surface area contributed by atoms with Crippen LogP contribution in [0.2, 0.25) is 0 Å². The Morgan fingerprint density at radius 2 is 2.10 bits per heavy atom. The number of rotatable bonds is 4. The molecule has 0 aliphatic rings. The van der Waals surface area contributed by atoms with Crippen LogP contribution in [0.3, 0.4) is 0 Å². The summed E-state index contributed by atoms with van der Waals surface area (Å²) in [6.07, 6.45) is 0. The second kappa shape index (κ2) is 6.31. The van der Waals surface area contributed by atoms with Crippen LogP contribution in [0, 0.1) is 11.3 Å². The normalized spacial score (nSPS) is 9.60. The van der Waals surface area contributed by atoms with Crippen LogP contribution in [0.1, 0.15) is 21.7 Å². The van der Waals surface area contributed by atoms with E-state index in [9.17, 15) is 4.79 Å². The molecule has 3 N–H and O–H groups in total. The number of carbonyl (C=O) groups is 1. The minimum Gasteiger partial charge on any atom is -0.486 e. The maximum atomic E-state index is 11.4. The van der Waals surface area contributed by atoms with Gasteiger partial charge in [-0.25, -0.2) is 10.8 Å². The molecule has 100 valence electrons. The van der Waals surface area contributed by atoms with Crippen molar-refractivity contribution >= 4 is 5.91 Å². The maximum absolute atomic E-state index is 11.4. The van der Waals surface area contributed by atoms with E-state index in [2.05, 4.69) is 4.98 Å². The topological polar surface area (TPSA) is 101 Å². The summed E-state index contributed by atoms with van der Waals surface area (Å²) >= 11 is 0. The number of nitrogens with two attached hydrogens (primary N) is 1. The van der Waals surface area contributed by atoms with Crippen LogP contribution in [0.5, 0.6) is 5.75 Å². The molecule has 1 aromatic heterocycles. The Morgan fingerprint density at radius 3 is 2.85 bits per heavy atom. The van der Waals surface area contributed by atoms with Crippen molar-refractivity contribution in [2.24, 2.45) is 5.84 Å². The minimum absolute atomic E-state index is 0.157. The quantitative estimate of drug-likeness (QED) is 0.492. The van der Waals surface area contributed by atoms with Gasteiger partial charge in [0.15, 0.2) is 0 Å². The number of para-hydroxylation sites is 1. The molecule has 0 bridgehead atoms. The third-order valence-electron chi connectivity index (χ3n) is 2.55. The van der Waals surface area contributed by atoms with E-state index in [1.807, 2.05) is 11.5 Å². The molecule has 6 nitrogen and oxygen atoms in total. The molecule has 0 saturated heterocycles. The lowest BCUT2D eigenvalue weighted by Crippen LogP contribution is -2.30. The Hall–Kier alpha value is -2.91. The zero-order valence-corrected chi connectivity index (χ0v) is 10.5. The fourth-order valence-electron chi connectivity index (χ4n) is 1.60. The number of benzene rings is 1. The Balaban J connectivity index is 2.11. The summed E-state index contributed by atoms with van der Waals surface area (Å²) in [7, 11) is 0. The molecule has 0 unspecified atom stereocenters. The Bertz CT molecular complexity index is 664. The molecular weight excluding hydrogens is 256 g/mol. The number of aromatic nitrogens is 1. The third kappa shape index (κ3) is 3.10. The van der Waals surface area contributed by atoms with Crippen molar-refractivity contribution < 1.29 is 9.53 Å². The largest absolute Gasteiger partial charge is 0.486 e. The smallest absolute Gasteiger partial charge is 0.283 e. The Morgan fingerprint density at radius 1 is 1.30 bits per heavy atom. The summed E-state index contributed by atoms with van der Waals surface area (Å²) in [5.41, 5.74) is 3.24. The maximum Gasteiger partial charge on any atom is 0.283 e. The SMILES string of the molecule is N#Cc1ccccc1OCc1cccc(C(=O)NN)n1. The molecule has 2 aromatic rings. The molecule has 0 spiro atoms. The van der Waals surface area contributed by atoms with E-state index in [4.69, 9.17) is 15.8 Å². The van der Waals surface area contributed by atoms with E-state index in [1.165, 1.54) is 0 Å². The number of nitriles is 1. The van der Waals surface area contributed by atoms with E-state index in [1.54, 1.807) is 42.5 Å². The van der Waals surface area contributed by atoms with Crippen LogP contribution < -0.4 is 16.0 Å². The van der Waals surface area contributed by atoms with Gasteiger partial charge in [-0.2, -0.15) is 5.26 Å². The number of nitrogens with zero attached hydrogens (tertiary/aromatic N) is 2. The predicted octanol–water partition coefficient (Wildman–Crippen LogP) is 1.14. The summed E-state index contributed by atoms with van der Waals surface area (Å²) < 4.78 is 5.53. The first-order chi connectivity index (χ1) is 9.74. The Kier molecular flexibility index (Phi) is 4.27. The van der Waals surface area contributed by atoms with Gasteiger partial charge in [-0.3, -0.25) is 10.2 Å². The van der Waals surface area contributed by atoms with Gasteiger partial charge in [0, 0.05) is 0 Å². The highest BCUT2D eigenvalue weighted by atomic mass is 16.5. The zero-order valence-electron chi connectivity index (χ0n) is 10.5. The number of hydrazine groups is 1. The zero-order chi connectivity index (χ0) is 14.4. The highest BCUT2D eigenvalue weighted by molar-refractivity contribution is 5.91. The summed E-state index contributed by atoms with van der Waals surface area (Å²) in [5, 5.41) is 8.95. The van der Waals surface area contributed by atoms with Gasteiger partial charge in [-0.15, -0.1) is 0 Å². The molecule has 0 atom stereocenters. The van der Waals surface area contributed by atoms with Gasteiger partial charge in [-0.05, 0) is 24.3 Å². The number of pyridine rings is 1. The molecule has 1 amide bonds. The predicted molar refractivity (Wildman–Crippen MR) is 71.4 cm³/mol. The molecule has 20 heavy (non-hydrogen) atoms. The molecule has 0 radical (unpaired) electrons. The molecule has 0 saturated carbocycles. The van der Waals surface area contributed by atoms with Crippen LogP contribution in [-0.2, 0) is 6.61 Å². The van der Waals surface area contributed by atoms with E-state index >= 15 is 0 Å². The van der Waals surface area contributed by atoms with Gasteiger partial charge >= 0.3 is 0 Å². The lowest BCUT2D eigenvalue weighted by Gasteiger charge is -2.08. The second-order valence-corrected chi connectivity index (χ2v) is 3.88. The van der Waals surface area contributed by atoms with Crippen molar-refractivity contribution in [1.82, 2.24) is 10.4 Å². The van der Waals surface area contributed by atoms with Crippen molar-refractivity contribution in [3.05, 3.63) is 59.4 Å². The van der Waals surface area contributed by atoms with Crippen molar-refractivity contribution in [1.29, 1.82) is 5.26 Å². The van der Waals surface area contributed by atoms with Crippen molar-refractivity contribution in [3.63, 3.8) is 0 Å². The number of hydrogen-bond acceptors (Lipinski definition) is 5. The average Bonchev–Trinajstić information content (AvgIpc) is 2.52. The first kappa shape index (κ1) is 13.5. The average molecular weight is 268 g/mol. The number of carbonyl (C=O) groups excluding carboxylic acids is 1. The minimum atomic E-state index is -0.468. The van der Waals surface area contributed by atoms with E-state index in [0.717, 1.165) is 0 Å². The Labute approximate surface area is 115 Å². The van der Waals surface area contributed by atoms with E-state index in [0.29, 0.717) is 17.0 Å². The van der Waals surface area contributed by atoms with Gasteiger partial charge in [0.25, 0.3) is 5.91 Å². The molecule has 0 aliphatic heterocycles. The highest BCUT2D eigenvalue weighted by Crippen LogP contribution is 2.17. The van der Waals surface area contributed by atoms with Crippen LogP contribution in [-0.4, -0.2) is 10.9 Å². The van der Waals surface area contributed by atoms with E-state index < -0.39 is 5.91 Å². The van der Waals surface area contributed by atoms with E-state index in [-0.39, 0.29) is 12.3 Å². The first-order valence-electron chi connectivity index (χ1n) is 5.83. The molecule has 1 heterocycles. The van der Waals surface area contributed by atoms with Gasteiger partial charge in [-0.1, -0.05) is 18.2 Å². The second-order valence-electron chi connectivity index (χ2n) is 3.88. The molecule has 2 rings (SSSR count). The lowest BCUT2D eigenvalue weighted by molar-refractivity contribution is 0.0948. The number of hydrogen-bond donors (Lipinski definition) is 2. The first-order valence-corrected chi connectivity index (χ1v) is 5.83. The van der Waals surface area contributed by atoms with Gasteiger partial charge in [0.2, 0.25) is 0 Å². The molecule has 0 aliphatic carbocycles. The molecular formula is C14H12N4O2. The summed E-state index contributed by atoms with van der Waals surface area (Å²) in [6.45, 7) is 0.157. The summed E-state index contributed by atoms with van der Waals surface area (Å²) in [4.78, 5) is 15.5. The lowest BCUT2D eigenvalue weighted by atomic mass is 10.2. The van der Waals surface area contributed by atoms with Crippen molar-refractivity contribution in [2.45, 2.75) is 6.61 Å². The number of nitrogens with one attached hydrogen (secondary N) is 1. The van der Waals surface area contributed by atoms with Gasteiger partial charge in [0.1, 0.15) is 24.1 Å². The third-order valence-corrected chi connectivity index (χ3v) is 2.55. The molecule has 0 fully saturated rings. The summed E-state index contributed by atoms with van der Waals surface area (Å²) in [6, 6.07) is 13.9. The fraction of sp³-hybridized carbons (Fsp3) is 0.0714. The molecule has 1 aromatic carbocycles. The van der Waals surface area contributed by atoms with Crippen LogP contribution >= 0.6 is 0 Å². The fourth-order valence-corrected chi connectivity index (χ4v) is 1.60. The number of ether oxygens (including phenoxy) is 1. The van der Waals surface area contributed by atoms with Gasteiger partial charge in [0.05, 0.1) is 11.3 Å². The summed E-state index contributed by atoms with van der Waals surface area (Å²) in [5.74, 6) is 5.06.